The molecule has 1 aromatic heterocycles. The van der Waals surface area contributed by atoms with Gasteiger partial charge in [0.15, 0.2) is 6.20 Å². The third-order valence-corrected chi connectivity index (χ3v) is 2.36. The number of aromatic nitrogens is 1. The summed E-state index contributed by atoms with van der Waals surface area (Å²) in [5.74, 6) is 0. The van der Waals surface area contributed by atoms with E-state index in [0.29, 0.717) is 0 Å². The van der Waals surface area contributed by atoms with Crippen LogP contribution >= 0.6 is 7.60 Å². The second-order valence-corrected chi connectivity index (χ2v) is 3.69. The number of hydrogen-bond donors (Lipinski definition) is 1. The van der Waals surface area contributed by atoms with E-state index in [2.05, 4.69) is 0 Å². The van der Waals surface area contributed by atoms with Crippen molar-refractivity contribution in [1.29, 1.82) is 0 Å². The Morgan fingerprint density at radius 2 is 2.27 bits per heavy atom. The summed E-state index contributed by atoms with van der Waals surface area (Å²) in [4.78, 5) is 19.3. The van der Waals surface area contributed by atoms with Crippen LogP contribution in [-0.4, -0.2) is 4.89 Å². The smallest absolute Gasteiger partial charge is 0.251 e. The largest absolute Gasteiger partial charge is 0.771 e. The van der Waals surface area contributed by atoms with Gasteiger partial charge in [0.2, 0.25) is 7.60 Å². The van der Waals surface area contributed by atoms with Gasteiger partial charge in [0.05, 0.1) is 0 Å². The molecule has 0 aliphatic rings. The minimum absolute atomic E-state index is 0.0833. The van der Waals surface area contributed by atoms with Crippen molar-refractivity contribution in [3.05, 3.63) is 24.4 Å². The van der Waals surface area contributed by atoms with Crippen molar-refractivity contribution < 1.29 is 18.9 Å². The Hall–Kier alpha value is -0.700. The average Bonchev–Trinajstić information content (AvgIpc) is 1.86. The number of pyridine rings is 1. The van der Waals surface area contributed by atoms with Gasteiger partial charge in [0.1, 0.15) is 7.05 Å². The minimum Gasteiger partial charge on any atom is -0.771 e. The number of aryl methyl sites for hydroxylation is 1. The predicted molar refractivity (Wildman–Crippen MR) is 37.1 cm³/mol. The highest BCUT2D eigenvalue weighted by atomic mass is 31.2. The Balaban J connectivity index is 3.25. The summed E-state index contributed by atoms with van der Waals surface area (Å²) in [6.45, 7) is 0. The Bertz CT molecular complexity index is 306. The summed E-state index contributed by atoms with van der Waals surface area (Å²) >= 11 is 0. The van der Waals surface area contributed by atoms with E-state index in [-0.39, 0.29) is 5.44 Å². The van der Waals surface area contributed by atoms with Crippen LogP contribution in [0.15, 0.2) is 24.4 Å². The fourth-order valence-electron chi connectivity index (χ4n) is 0.808. The van der Waals surface area contributed by atoms with Gasteiger partial charge in [-0.3, -0.25) is 4.57 Å². The lowest BCUT2D eigenvalue weighted by atomic mass is 10.5. The van der Waals surface area contributed by atoms with Gasteiger partial charge >= 0.3 is 0 Å². The molecule has 1 aromatic rings. The molecule has 0 spiro atoms. The number of hydrogen-bond acceptors (Lipinski definition) is 2. The maximum Gasteiger partial charge on any atom is 0.251 e. The molecule has 0 aromatic carbocycles. The van der Waals surface area contributed by atoms with Crippen LogP contribution in [0.4, 0.5) is 0 Å². The predicted octanol–water partition coefficient (Wildman–Crippen LogP) is -1.32. The first-order valence-electron chi connectivity index (χ1n) is 3.01. The van der Waals surface area contributed by atoms with E-state index in [4.69, 9.17) is 4.89 Å². The van der Waals surface area contributed by atoms with E-state index in [1.165, 1.54) is 10.6 Å². The van der Waals surface area contributed by atoms with Gasteiger partial charge in [0, 0.05) is 12.1 Å². The molecule has 0 saturated carbocycles. The first-order valence-corrected chi connectivity index (χ1v) is 4.58. The quantitative estimate of drug-likeness (QED) is 0.423. The molecule has 0 amide bonds. The SMILES string of the molecule is C[n+]1ccccc1P(=O)([O-])O. The molecule has 1 unspecified atom stereocenters. The zero-order valence-electron chi connectivity index (χ0n) is 5.97. The van der Waals surface area contributed by atoms with Crippen molar-refractivity contribution in [3.8, 4) is 0 Å². The van der Waals surface area contributed by atoms with Crippen molar-refractivity contribution >= 4 is 13.0 Å². The summed E-state index contributed by atoms with van der Waals surface area (Å²) in [5, 5.41) is 0. The standard InChI is InChI=1S/C6H8NO3P/c1-7-5-3-2-4-6(7)11(8,9)10/h2-5H,1H3,(H-,8,9,10). The molecular weight excluding hydrogens is 165 g/mol. The molecule has 0 bridgehead atoms. The van der Waals surface area contributed by atoms with Crippen LogP contribution in [0.25, 0.3) is 0 Å². The summed E-state index contributed by atoms with van der Waals surface area (Å²) in [7, 11) is -2.79. The lowest BCUT2D eigenvalue weighted by Crippen LogP contribution is -2.46. The fraction of sp³-hybridized carbons (Fsp3) is 0.167. The summed E-state index contributed by atoms with van der Waals surface area (Å²) in [5.41, 5.74) is -0.0833. The molecular formula is C6H8NO3P. The van der Waals surface area contributed by atoms with Crippen molar-refractivity contribution in [2.75, 3.05) is 0 Å². The molecule has 4 nitrogen and oxygen atoms in total. The van der Waals surface area contributed by atoms with Crippen LogP contribution in [0, 0.1) is 0 Å². The van der Waals surface area contributed by atoms with E-state index in [0.717, 1.165) is 0 Å². The molecule has 0 radical (unpaired) electrons. The van der Waals surface area contributed by atoms with Gasteiger partial charge in [-0.05, 0) is 6.07 Å². The summed E-state index contributed by atoms with van der Waals surface area (Å²) in [6.07, 6.45) is 1.55. The van der Waals surface area contributed by atoms with Gasteiger partial charge in [-0.2, -0.15) is 4.57 Å². The van der Waals surface area contributed by atoms with Gasteiger partial charge in [-0.25, -0.2) is 0 Å². The van der Waals surface area contributed by atoms with E-state index in [1.807, 2.05) is 0 Å². The molecule has 11 heavy (non-hydrogen) atoms. The summed E-state index contributed by atoms with van der Waals surface area (Å²) in [6, 6.07) is 4.57. The lowest BCUT2D eigenvalue weighted by molar-refractivity contribution is -0.655. The van der Waals surface area contributed by atoms with Crippen molar-refractivity contribution in [2.24, 2.45) is 7.05 Å². The maximum absolute atomic E-state index is 10.6. The van der Waals surface area contributed by atoms with Crippen LogP contribution < -0.4 is 14.9 Å². The third-order valence-electron chi connectivity index (χ3n) is 1.32. The maximum atomic E-state index is 10.6. The minimum atomic E-state index is -4.34. The number of nitrogens with zero attached hydrogens (tertiary/aromatic N) is 1. The molecule has 0 aliphatic carbocycles. The Kier molecular flexibility index (Phi) is 2.09. The van der Waals surface area contributed by atoms with E-state index in [9.17, 15) is 9.46 Å². The Labute approximate surface area is 64.3 Å². The Morgan fingerprint density at radius 1 is 1.64 bits per heavy atom. The second kappa shape index (κ2) is 2.74. The van der Waals surface area contributed by atoms with Crippen LogP contribution in [0.5, 0.6) is 0 Å². The third kappa shape index (κ3) is 1.87. The highest BCUT2D eigenvalue weighted by Crippen LogP contribution is 2.24. The van der Waals surface area contributed by atoms with Crippen molar-refractivity contribution in [3.63, 3.8) is 0 Å². The first-order chi connectivity index (χ1) is 5.02. The molecule has 5 heteroatoms. The molecule has 1 heterocycles. The molecule has 1 N–H and O–H groups in total. The highest BCUT2D eigenvalue weighted by Gasteiger charge is 2.16. The molecule has 1 atom stereocenters. The first kappa shape index (κ1) is 8.40. The van der Waals surface area contributed by atoms with Gasteiger partial charge in [-0.15, -0.1) is 0 Å². The topological polar surface area (TPSA) is 64.2 Å². The molecule has 0 saturated heterocycles. The second-order valence-electron chi connectivity index (χ2n) is 2.19. The van der Waals surface area contributed by atoms with Crippen LogP contribution in [-0.2, 0) is 11.6 Å². The zero-order chi connectivity index (χ0) is 8.48. The van der Waals surface area contributed by atoms with E-state index < -0.39 is 7.60 Å². The fourth-order valence-corrected chi connectivity index (χ4v) is 1.55. The van der Waals surface area contributed by atoms with Crippen molar-refractivity contribution in [1.82, 2.24) is 0 Å². The van der Waals surface area contributed by atoms with Crippen molar-refractivity contribution in [2.45, 2.75) is 0 Å². The zero-order valence-corrected chi connectivity index (χ0v) is 6.86. The van der Waals surface area contributed by atoms with Crippen LogP contribution in [0.2, 0.25) is 0 Å². The lowest BCUT2D eigenvalue weighted by Gasteiger charge is -2.11. The van der Waals surface area contributed by atoms with E-state index >= 15 is 0 Å². The summed E-state index contributed by atoms with van der Waals surface area (Å²) < 4.78 is 12.0. The molecule has 0 aliphatic heterocycles. The molecule has 1 rings (SSSR count). The normalized spacial score (nSPS) is 15.9. The van der Waals surface area contributed by atoms with E-state index in [1.54, 1.807) is 25.4 Å². The highest BCUT2D eigenvalue weighted by molar-refractivity contribution is 7.58. The molecule has 60 valence electrons. The van der Waals surface area contributed by atoms with Gasteiger partial charge in [0.25, 0.3) is 5.44 Å². The van der Waals surface area contributed by atoms with Gasteiger partial charge in [-0.1, -0.05) is 0 Å². The van der Waals surface area contributed by atoms with Gasteiger partial charge < -0.3 is 9.79 Å². The van der Waals surface area contributed by atoms with Crippen LogP contribution in [0.1, 0.15) is 0 Å². The van der Waals surface area contributed by atoms with Crippen LogP contribution in [0.3, 0.4) is 0 Å². The molecule has 0 fully saturated rings. The Morgan fingerprint density at radius 3 is 2.64 bits per heavy atom. The monoisotopic (exact) mass is 173 g/mol. The average molecular weight is 173 g/mol. The number of rotatable bonds is 1.